The van der Waals surface area contributed by atoms with Gasteiger partial charge in [0.25, 0.3) is 0 Å². The third-order valence-corrected chi connectivity index (χ3v) is 6.66. The van der Waals surface area contributed by atoms with Crippen LogP contribution in [-0.2, 0) is 14.5 Å². The van der Waals surface area contributed by atoms with Crippen molar-refractivity contribution < 1.29 is 14.0 Å². The molecule has 25 heavy (non-hydrogen) atoms. The summed E-state index contributed by atoms with van der Waals surface area (Å²) < 4.78 is 20.7. The molecule has 1 aliphatic carbocycles. The summed E-state index contributed by atoms with van der Waals surface area (Å²) in [6.45, 7) is 2.00. The third kappa shape index (κ3) is 2.96. The van der Waals surface area contributed by atoms with Crippen molar-refractivity contribution in [2.45, 2.75) is 32.2 Å². The van der Waals surface area contributed by atoms with E-state index in [1.807, 2.05) is 19.2 Å². The van der Waals surface area contributed by atoms with Crippen molar-refractivity contribution in [1.29, 1.82) is 0 Å². The predicted octanol–water partition coefficient (Wildman–Crippen LogP) is 0.394. The molecule has 0 saturated heterocycles. The quantitative estimate of drug-likeness (QED) is 0.531. The topological polar surface area (TPSA) is 99.6 Å². The number of hydrogen-bond acceptors (Lipinski definition) is 5. The second-order valence-corrected chi connectivity index (χ2v) is 9.03. The molecule has 1 atom stereocenters. The molecule has 0 aromatic carbocycles. The molecule has 9 heteroatoms. The lowest BCUT2D eigenvalue weighted by molar-refractivity contribution is 0.267. The van der Waals surface area contributed by atoms with Crippen LogP contribution in [0.25, 0.3) is 11.0 Å². The molecule has 0 amide bonds. The largest absolute Gasteiger partial charge is 0.585 e. The Morgan fingerprint density at radius 3 is 3.12 bits per heavy atom. The lowest BCUT2D eigenvalue weighted by Gasteiger charge is -2.38. The van der Waals surface area contributed by atoms with Gasteiger partial charge in [0, 0.05) is 56.2 Å². The molecule has 0 spiro atoms. The number of fused-ring (bicyclic) bond motifs is 3. The van der Waals surface area contributed by atoms with E-state index in [0.717, 1.165) is 41.6 Å². The van der Waals surface area contributed by atoms with Crippen LogP contribution in [0.2, 0.25) is 0 Å². The van der Waals surface area contributed by atoms with Gasteiger partial charge in [-0.25, -0.2) is 9.71 Å². The maximum absolute atomic E-state index is 12.3. The maximum Gasteiger partial charge on any atom is 0.585 e. The van der Waals surface area contributed by atoms with Gasteiger partial charge in [0.1, 0.15) is 5.65 Å². The number of nitrogens with one attached hydrogen (secondary N) is 2. The second kappa shape index (κ2) is 6.15. The minimum Gasteiger partial charge on any atom is -0.427 e. The molecule has 2 aliphatic rings. The van der Waals surface area contributed by atoms with Crippen LogP contribution in [0.3, 0.4) is 0 Å². The van der Waals surface area contributed by atoms with Gasteiger partial charge in [-0.3, -0.25) is 4.21 Å². The molecule has 1 aliphatic heterocycles. The molecular weight excluding hydrogens is 339 g/mol. The standard InChI is InChI=1S/C16H21BN4O3S/c1-3-6-25(2,23)21-11-7-10(8-11)15-14-12-4-5-18-16(12)19-9-13(14)17(22)24-20-15/h4-5,9-11,22H,2-3,6-8H2,1H3,(H,18,19)(H,21,23). The van der Waals surface area contributed by atoms with Crippen LogP contribution < -0.4 is 10.2 Å². The number of aromatic nitrogens is 2. The van der Waals surface area contributed by atoms with Gasteiger partial charge >= 0.3 is 7.12 Å². The molecular formula is C16H21BN4O3S. The fraction of sp³-hybridized carbons (Fsp3) is 0.438. The number of nitrogens with zero attached hydrogens (tertiary/aromatic N) is 2. The van der Waals surface area contributed by atoms with E-state index < -0.39 is 16.8 Å². The zero-order valence-corrected chi connectivity index (χ0v) is 14.9. The summed E-state index contributed by atoms with van der Waals surface area (Å²) in [5, 5.41) is 15.2. The van der Waals surface area contributed by atoms with Crippen LogP contribution in [0, 0.1) is 5.92 Å². The van der Waals surface area contributed by atoms with Crippen molar-refractivity contribution in [3.8, 4) is 0 Å². The third-order valence-electron chi connectivity index (χ3n) is 4.83. The van der Waals surface area contributed by atoms with Crippen LogP contribution >= 0.6 is 0 Å². The number of H-pyrrole nitrogens is 1. The van der Waals surface area contributed by atoms with E-state index in [1.165, 1.54) is 0 Å². The summed E-state index contributed by atoms with van der Waals surface area (Å²) in [4.78, 5) is 7.40. The van der Waals surface area contributed by atoms with Crippen molar-refractivity contribution in [3.63, 3.8) is 0 Å². The Hall–Kier alpha value is -1.84. The SMILES string of the molecule is C=S(=O)(CCC)NC1CC(C2=NOB(O)c3cnc4[nH]ccc4c32)C1. The summed E-state index contributed by atoms with van der Waals surface area (Å²) in [5.74, 6) is 4.60. The normalized spacial score (nSPS) is 24.9. The molecule has 2 aromatic heterocycles. The van der Waals surface area contributed by atoms with Crippen molar-refractivity contribution in [2.75, 3.05) is 5.75 Å². The Balaban J connectivity index is 1.57. The van der Waals surface area contributed by atoms with Gasteiger partial charge < -0.3 is 14.8 Å². The molecule has 3 heterocycles. The van der Waals surface area contributed by atoms with E-state index in [0.29, 0.717) is 11.2 Å². The van der Waals surface area contributed by atoms with Gasteiger partial charge in [0.05, 0.1) is 5.71 Å². The first-order chi connectivity index (χ1) is 12.0. The zero-order chi connectivity index (χ0) is 17.6. The Bertz CT molecular complexity index is 934. The van der Waals surface area contributed by atoms with Crippen LogP contribution in [0.15, 0.2) is 23.6 Å². The number of aromatic amines is 1. The highest BCUT2D eigenvalue weighted by Crippen LogP contribution is 2.34. The van der Waals surface area contributed by atoms with Crippen molar-refractivity contribution in [3.05, 3.63) is 24.0 Å². The van der Waals surface area contributed by atoms with Gasteiger partial charge in [-0.2, -0.15) is 0 Å². The van der Waals surface area contributed by atoms with Gasteiger partial charge in [0.15, 0.2) is 0 Å². The van der Waals surface area contributed by atoms with Crippen molar-refractivity contribution >= 4 is 44.9 Å². The molecule has 1 saturated carbocycles. The first-order valence-electron chi connectivity index (χ1n) is 8.49. The molecule has 7 nitrogen and oxygen atoms in total. The van der Waals surface area contributed by atoms with Crippen molar-refractivity contribution in [1.82, 2.24) is 14.7 Å². The van der Waals surface area contributed by atoms with E-state index in [-0.39, 0.29) is 12.0 Å². The van der Waals surface area contributed by atoms with Crippen molar-refractivity contribution in [2.24, 2.45) is 11.1 Å². The van der Waals surface area contributed by atoms with E-state index >= 15 is 0 Å². The van der Waals surface area contributed by atoms with Crippen LogP contribution in [-0.4, -0.2) is 49.7 Å². The Kier molecular flexibility index (Phi) is 4.09. The number of hydrogen-bond donors (Lipinski definition) is 3. The minimum atomic E-state index is -2.22. The zero-order valence-electron chi connectivity index (χ0n) is 14.1. The molecule has 1 fully saturated rings. The molecule has 2 aromatic rings. The van der Waals surface area contributed by atoms with Gasteiger partial charge in [-0.1, -0.05) is 6.92 Å². The Labute approximate surface area is 147 Å². The number of pyridine rings is 1. The van der Waals surface area contributed by atoms with Gasteiger partial charge in [-0.05, 0) is 31.2 Å². The molecule has 0 radical (unpaired) electrons. The Morgan fingerprint density at radius 2 is 2.36 bits per heavy atom. The van der Waals surface area contributed by atoms with Crippen LogP contribution in [0.1, 0.15) is 31.7 Å². The first-order valence-corrected chi connectivity index (χ1v) is 10.4. The summed E-state index contributed by atoms with van der Waals surface area (Å²) in [7, 11) is -3.31. The van der Waals surface area contributed by atoms with Gasteiger partial charge in [-0.15, -0.1) is 5.16 Å². The lowest BCUT2D eigenvalue weighted by atomic mass is 9.69. The summed E-state index contributed by atoms with van der Waals surface area (Å²) >= 11 is 0. The summed E-state index contributed by atoms with van der Waals surface area (Å²) in [5.41, 5.74) is 3.13. The summed E-state index contributed by atoms with van der Waals surface area (Å²) in [6, 6.07) is 2.11. The van der Waals surface area contributed by atoms with E-state index in [2.05, 4.69) is 25.7 Å². The highest BCUT2D eigenvalue weighted by atomic mass is 32.2. The highest BCUT2D eigenvalue weighted by Gasteiger charge is 2.40. The monoisotopic (exact) mass is 360 g/mol. The summed E-state index contributed by atoms with van der Waals surface area (Å²) in [6.07, 6.45) is 5.94. The molecule has 0 bridgehead atoms. The average Bonchev–Trinajstić information content (AvgIpc) is 3.00. The molecule has 132 valence electrons. The highest BCUT2D eigenvalue weighted by molar-refractivity contribution is 7.98. The number of rotatable bonds is 5. The van der Waals surface area contributed by atoms with Gasteiger partial charge in [0.2, 0.25) is 0 Å². The second-order valence-electron chi connectivity index (χ2n) is 6.76. The number of oxime groups is 1. The molecule has 3 N–H and O–H groups in total. The molecule has 1 unspecified atom stereocenters. The predicted molar refractivity (Wildman–Crippen MR) is 101 cm³/mol. The maximum atomic E-state index is 12.3. The Morgan fingerprint density at radius 1 is 1.56 bits per heavy atom. The molecule has 4 rings (SSSR count). The van der Waals surface area contributed by atoms with Crippen LogP contribution in [0.4, 0.5) is 0 Å². The fourth-order valence-corrected chi connectivity index (χ4v) is 5.19. The van der Waals surface area contributed by atoms with E-state index in [1.54, 1.807) is 6.20 Å². The van der Waals surface area contributed by atoms with Crippen LogP contribution in [0.5, 0.6) is 0 Å². The lowest BCUT2D eigenvalue weighted by Crippen LogP contribution is -2.50. The fourth-order valence-electron chi connectivity index (χ4n) is 3.61. The van der Waals surface area contributed by atoms with E-state index in [4.69, 9.17) is 4.76 Å². The smallest absolute Gasteiger partial charge is 0.427 e. The van der Waals surface area contributed by atoms with E-state index in [9.17, 15) is 9.23 Å². The minimum absolute atomic E-state index is 0.170. The first kappa shape index (κ1) is 16.6. The average molecular weight is 360 g/mol.